The molecule has 3 rings (SSSR count). The molecule has 22 heavy (non-hydrogen) atoms. The first-order valence-corrected chi connectivity index (χ1v) is 9.37. The number of piperidine rings is 1. The fraction of sp³-hybridized carbons (Fsp3) is 0.438. The Hall–Kier alpha value is -0.880. The van der Waals surface area contributed by atoms with E-state index >= 15 is 0 Å². The maximum Gasteiger partial charge on any atom is 0.320 e. The summed E-state index contributed by atoms with van der Waals surface area (Å²) in [4.78, 5) is 17.4. The zero-order valence-electron chi connectivity index (χ0n) is 12.3. The number of aliphatic carboxylic acids is 1. The third kappa shape index (κ3) is 3.23. The van der Waals surface area contributed by atoms with Crippen molar-refractivity contribution in [1.29, 1.82) is 0 Å². The maximum absolute atomic E-state index is 11.7. The Balaban J connectivity index is 2.02. The fourth-order valence-corrected chi connectivity index (χ4v) is 5.36. The molecule has 1 aliphatic rings. The summed E-state index contributed by atoms with van der Waals surface area (Å²) in [7, 11) is 0. The molecule has 1 N–H and O–H groups in total. The van der Waals surface area contributed by atoms with Gasteiger partial charge >= 0.3 is 5.97 Å². The third-order valence-corrected chi connectivity index (χ3v) is 6.39. The predicted octanol–water partition coefficient (Wildman–Crippen LogP) is 4.80. The van der Waals surface area contributed by atoms with E-state index in [4.69, 9.17) is 11.6 Å². The summed E-state index contributed by atoms with van der Waals surface area (Å²) >= 11 is 9.40. The van der Waals surface area contributed by atoms with Gasteiger partial charge in [-0.3, -0.25) is 9.69 Å². The van der Waals surface area contributed by atoms with Crippen molar-refractivity contribution in [3.05, 3.63) is 43.2 Å². The van der Waals surface area contributed by atoms with Crippen LogP contribution in [-0.4, -0.2) is 28.6 Å². The Bertz CT molecular complexity index is 626. The Morgan fingerprint density at radius 3 is 2.59 bits per heavy atom. The molecule has 3 nitrogen and oxygen atoms in total. The monoisotopic (exact) mass is 355 g/mol. The number of carbonyl (C=O) groups is 1. The highest BCUT2D eigenvalue weighted by Crippen LogP contribution is 2.40. The van der Waals surface area contributed by atoms with Gasteiger partial charge in [0, 0.05) is 14.6 Å². The highest BCUT2D eigenvalue weighted by atomic mass is 35.5. The lowest BCUT2D eigenvalue weighted by Gasteiger charge is -2.38. The van der Waals surface area contributed by atoms with Crippen molar-refractivity contribution >= 4 is 40.2 Å². The van der Waals surface area contributed by atoms with E-state index in [-0.39, 0.29) is 6.04 Å². The minimum absolute atomic E-state index is 0.00222. The molecule has 0 saturated carbocycles. The second-order valence-electron chi connectivity index (χ2n) is 5.58. The number of rotatable bonds is 4. The van der Waals surface area contributed by atoms with E-state index in [0.717, 1.165) is 35.0 Å². The molecule has 1 aliphatic heterocycles. The Kier molecular flexibility index (Phi) is 4.88. The molecular formula is C16H18ClNO2S2. The van der Waals surface area contributed by atoms with Crippen molar-refractivity contribution in [3.8, 4) is 0 Å². The van der Waals surface area contributed by atoms with E-state index < -0.39 is 12.0 Å². The summed E-state index contributed by atoms with van der Waals surface area (Å²) in [5, 5.41) is 9.60. The number of likely N-dealkylation sites (tertiary alicyclic amines) is 1. The van der Waals surface area contributed by atoms with Crippen LogP contribution in [0.5, 0.6) is 0 Å². The van der Waals surface area contributed by atoms with Gasteiger partial charge in [-0.2, -0.15) is 0 Å². The number of hydrogen-bond donors (Lipinski definition) is 1. The molecule has 2 aromatic heterocycles. The van der Waals surface area contributed by atoms with Gasteiger partial charge in [-0.15, -0.1) is 22.7 Å². The summed E-state index contributed by atoms with van der Waals surface area (Å²) in [6.45, 7) is 2.89. The largest absolute Gasteiger partial charge is 0.480 e. The van der Waals surface area contributed by atoms with E-state index in [2.05, 4.69) is 24.0 Å². The van der Waals surface area contributed by atoms with Gasteiger partial charge in [0.15, 0.2) is 0 Å². The Labute approximate surface area is 143 Å². The fourth-order valence-electron chi connectivity index (χ4n) is 3.07. The number of nitrogens with zero attached hydrogens (tertiary/aromatic N) is 1. The quantitative estimate of drug-likeness (QED) is 0.856. The van der Waals surface area contributed by atoms with Crippen LogP contribution in [0.3, 0.4) is 0 Å². The zero-order valence-corrected chi connectivity index (χ0v) is 14.7. The first-order chi connectivity index (χ1) is 10.6. The molecule has 0 aliphatic carbocycles. The van der Waals surface area contributed by atoms with Crippen molar-refractivity contribution in [1.82, 2.24) is 4.90 Å². The van der Waals surface area contributed by atoms with Crippen LogP contribution in [0.25, 0.3) is 0 Å². The highest BCUT2D eigenvalue weighted by Gasteiger charge is 2.36. The number of halogens is 1. The maximum atomic E-state index is 11.7. The number of hydrogen-bond acceptors (Lipinski definition) is 4. The standard InChI is InChI=1S/C16H18ClNO2S2/c1-10-5-6-12(21-10)15(13-7-8-14(17)22-13)18-9-3-2-4-11(18)16(19)20/h5-8,11,15H,2-4,9H2,1H3,(H,19,20). The molecule has 2 atom stereocenters. The lowest BCUT2D eigenvalue weighted by molar-refractivity contribution is -0.145. The number of carboxylic acids is 1. The van der Waals surface area contributed by atoms with Crippen molar-refractivity contribution in [2.24, 2.45) is 0 Å². The minimum atomic E-state index is -0.722. The van der Waals surface area contributed by atoms with Gasteiger partial charge in [-0.25, -0.2) is 0 Å². The van der Waals surface area contributed by atoms with Crippen molar-refractivity contribution in [2.45, 2.75) is 38.3 Å². The van der Waals surface area contributed by atoms with Crippen molar-refractivity contribution in [2.75, 3.05) is 6.54 Å². The smallest absolute Gasteiger partial charge is 0.320 e. The molecule has 1 saturated heterocycles. The molecule has 1 fully saturated rings. The second-order valence-corrected chi connectivity index (χ2v) is 8.65. The average Bonchev–Trinajstić information content (AvgIpc) is 3.09. The molecular weight excluding hydrogens is 338 g/mol. The van der Waals surface area contributed by atoms with Gasteiger partial charge in [-0.05, 0) is 50.6 Å². The summed E-state index contributed by atoms with van der Waals surface area (Å²) in [6.07, 6.45) is 2.74. The first-order valence-electron chi connectivity index (χ1n) is 7.36. The molecule has 0 aromatic carbocycles. The molecule has 0 spiro atoms. The summed E-state index contributed by atoms with van der Waals surface area (Å²) in [5.41, 5.74) is 0. The van der Waals surface area contributed by atoms with Crippen molar-refractivity contribution in [3.63, 3.8) is 0 Å². The van der Waals surface area contributed by atoms with Crippen LogP contribution in [0, 0.1) is 6.92 Å². The normalized spacial score (nSPS) is 20.9. The van der Waals surface area contributed by atoms with Crippen LogP contribution >= 0.6 is 34.3 Å². The lowest BCUT2D eigenvalue weighted by Crippen LogP contribution is -2.46. The van der Waals surface area contributed by atoms with Crippen LogP contribution in [0.2, 0.25) is 4.34 Å². The van der Waals surface area contributed by atoms with Gasteiger partial charge in [0.2, 0.25) is 0 Å². The van der Waals surface area contributed by atoms with Gasteiger partial charge in [0.1, 0.15) is 6.04 Å². The number of aryl methyl sites for hydroxylation is 1. The van der Waals surface area contributed by atoms with E-state index in [9.17, 15) is 9.90 Å². The van der Waals surface area contributed by atoms with Gasteiger partial charge < -0.3 is 5.11 Å². The topological polar surface area (TPSA) is 40.5 Å². The van der Waals surface area contributed by atoms with Crippen LogP contribution in [0.15, 0.2) is 24.3 Å². The second kappa shape index (κ2) is 6.71. The minimum Gasteiger partial charge on any atom is -0.480 e. The summed E-state index contributed by atoms with van der Waals surface area (Å²) in [6, 6.07) is 7.72. The third-order valence-electron chi connectivity index (χ3n) is 4.06. The number of carboxylic acid groups (broad SMARTS) is 1. The lowest BCUT2D eigenvalue weighted by atomic mass is 9.98. The van der Waals surface area contributed by atoms with Gasteiger partial charge in [0.25, 0.3) is 0 Å². The van der Waals surface area contributed by atoms with E-state index in [1.807, 2.05) is 12.1 Å². The molecule has 0 amide bonds. The van der Waals surface area contributed by atoms with Crippen molar-refractivity contribution < 1.29 is 9.90 Å². The predicted molar refractivity (Wildman–Crippen MR) is 92.2 cm³/mol. The van der Waals surface area contributed by atoms with Gasteiger partial charge in [0.05, 0.1) is 10.4 Å². The van der Waals surface area contributed by atoms with Crippen LogP contribution in [0.4, 0.5) is 0 Å². The SMILES string of the molecule is Cc1ccc(C(c2ccc(Cl)s2)N2CCCCC2C(=O)O)s1. The van der Waals surface area contributed by atoms with Crippen LogP contribution in [-0.2, 0) is 4.79 Å². The Morgan fingerprint density at radius 1 is 1.27 bits per heavy atom. The molecule has 2 unspecified atom stereocenters. The van der Waals surface area contributed by atoms with Crippen LogP contribution < -0.4 is 0 Å². The molecule has 0 radical (unpaired) electrons. The average molecular weight is 356 g/mol. The summed E-state index contributed by atoms with van der Waals surface area (Å²) in [5.74, 6) is -0.722. The van der Waals surface area contributed by atoms with Gasteiger partial charge in [-0.1, -0.05) is 18.0 Å². The molecule has 118 valence electrons. The molecule has 3 heterocycles. The van der Waals surface area contributed by atoms with E-state index in [1.54, 1.807) is 22.7 Å². The van der Waals surface area contributed by atoms with E-state index in [1.165, 1.54) is 9.75 Å². The molecule has 2 aromatic rings. The Morgan fingerprint density at radius 2 is 2.00 bits per heavy atom. The van der Waals surface area contributed by atoms with Crippen LogP contribution in [0.1, 0.15) is 39.9 Å². The number of thiophene rings is 2. The summed E-state index contributed by atoms with van der Waals surface area (Å²) < 4.78 is 0.747. The first kappa shape index (κ1) is 16.0. The zero-order chi connectivity index (χ0) is 15.7. The highest BCUT2D eigenvalue weighted by molar-refractivity contribution is 7.16. The van der Waals surface area contributed by atoms with E-state index in [0.29, 0.717) is 0 Å². The molecule has 6 heteroatoms. The molecule has 0 bridgehead atoms.